The molecule has 1 fully saturated rings. The van der Waals surface area contributed by atoms with Crippen LogP contribution >= 0.6 is 0 Å². The summed E-state index contributed by atoms with van der Waals surface area (Å²) in [4.78, 5) is 0. The molecule has 0 spiro atoms. The van der Waals surface area contributed by atoms with Crippen LogP contribution in [0.25, 0.3) is 0 Å². The Morgan fingerprint density at radius 3 is 2.61 bits per heavy atom. The molecule has 3 atom stereocenters. The summed E-state index contributed by atoms with van der Waals surface area (Å²) in [5, 5.41) is 20.5. The molecular weight excluding hydrogens is 350 g/mol. The lowest BCUT2D eigenvalue weighted by Gasteiger charge is -2.49. The highest BCUT2D eigenvalue weighted by atomic mass is 16.5. The van der Waals surface area contributed by atoms with E-state index in [1.54, 1.807) is 0 Å². The lowest BCUT2D eigenvalue weighted by Crippen LogP contribution is -2.49. The van der Waals surface area contributed by atoms with E-state index in [1.807, 2.05) is 6.07 Å². The molecule has 0 amide bonds. The lowest BCUT2D eigenvalue weighted by molar-refractivity contribution is -0.0232. The average Bonchev–Trinajstić information content (AvgIpc) is 2.63. The van der Waals surface area contributed by atoms with Crippen molar-refractivity contribution in [1.82, 2.24) is 5.48 Å². The minimum atomic E-state index is -0.269. The second-order valence-electron chi connectivity index (χ2n) is 10.2. The number of hydrogen-bond donors (Lipinski definition) is 3. The molecule has 28 heavy (non-hydrogen) atoms. The number of rotatable bonds is 7. The van der Waals surface area contributed by atoms with Gasteiger partial charge in [0, 0.05) is 17.5 Å². The average molecular weight is 390 g/mol. The highest BCUT2D eigenvalue weighted by molar-refractivity contribution is 5.53. The molecule has 4 nitrogen and oxygen atoms in total. The smallest absolute Gasteiger partial charge is 0.127 e. The summed E-state index contributed by atoms with van der Waals surface area (Å²) >= 11 is 0. The topological polar surface area (TPSA) is 61.7 Å². The van der Waals surface area contributed by atoms with Crippen molar-refractivity contribution >= 4 is 0 Å². The Morgan fingerprint density at radius 2 is 1.93 bits per heavy atom. The molecule has 3 rings (SSSR count). The number of hydroxylamine groups is 1. The fraction of sp³-hybridized carbons (Fsp3) is 0.750. The van der Waals surface area contributed by atoms with Crippen molar-refractivity contribution in [2.75, 3.05) is 0 Å². The van der Waals surface area contributed by atoms with E-state index in [-0.39, 0.29) is 23.0 Å². The third-order valence-corrected chi connectivity index (χ3v) is 7.23. The molecular formula is C24H39NO3. The quantitative estimate of drug-likeness (QED) is 0.393. The summed E-state index contributed by atoms with van der Waals surface area (Å²) in [6.07, 6.45) is 8.86. The van der Waals surface area contributed by atoms with Crippen molar-refractivity contribution < 1.29 is 15.1 Å². The van der Waals surface area contributed by atoms with Gasteiger partial charge in [0.1, 0.15) is 17.1 Å². The molecule has 1 aliphatic heterocycles. The summed E-state index contributed by atoms with van der Waals surface area (Å²) in [6.45, 7) is 11.1. The van der Waals surface area contributed by atoms with Gasteiger partial charge < -0.3 is 15.1 Å². The molecule has 1 unspecified atom stereocenters. The van der Waals surface area contributed by atoms with Crippen LogP contribution in [0.2, 0.25) is 0 Å². The van der Waals surface area contributed by atoms with E-state index < -0.39 is 0 Å². The number of hydrogen-bond acceptors (Lipinski definition) is 4. The van der Waals surface area contributed by atoms with Crippen LogP contribution < -0.4 is 10.2 Å². The Balaban J connectivity index is 1.91. The van der Waals surface area contributed by atoms with Crippen LogP contribution in [0.5, 0.6) is 11.5 Å². The molecule has 2 aliphatic rings. The van der Waals surface area contributed by atoms with Crippen molar-refractivity contribution in [2.45, 2.75) is 109 Å². The van der Waals surface area contributed by atoms with Gasteiger partial charge in [-0.3, -0.25) is 0 Å². The maximum Gasteiger partial charge on any atom is 0.127 e. The zero-order valence-corrected chi connectivity index (χ0v) is 18.3. The zero-order valence-electron chi connectivity index (χ0n) is 18.3. The highest BCUT2D eigenvalue weighted by Crippen LogP contribution is 2.55. The van der Waals surface area contributed by atoms with Gasteiger partial charge in [-0.25, -0.2) is 5.48 Å². The summed E-state index contributed by atoms with van der Waals surface area (Å²) in [6, 6.07) is 4.22. The van der Waals surface area contributed by atoms with E-state index >= 15 is 0 Å². The van der Waals surface area contributed by atoms with Crippen molar-refractivity contribution in [3.63, 3.8) is 0 Å². The SMILES string of the molecule is CCCCCCC(C)(C)c1cc(O)c2c(c1)OC(C)(C)[C@@H]1CCC(NO)C[C@@H]21. The Hall–Kier alpha value is -1.26. The number of fused-ring (bicyclic) bond motifs is 3. The summed E-state index contributed by atoms with van der Waals surface area (Å²) in [5.74, 6) is 1.75. The van der Waals surface area contributed by atoms with Crippen molar-refractivity contribution in [3.05, 3.63) is 23.3 Å². The van der Waals surface area contributed by atoms with E-state index in [9.17, 15) is 10.3 Å². The predicted molar refractivity (Wildman–Crippen MR) is 113 cm³/mol. The lowest BCUT2D eigenvalue weighted by atomic mass is 9.65. The second kappa shape index (κ2) is 8.23. The van der Waals surface area contributed by atoms with Crippen molar-refractivity contribution in [3.8, 4) is 11.5 Å². The van der Waals surface area contributed by atoms with Gasteiger partial charge >= 0.3 is 0 Å². The molecule has 1 saturated carbocycles. The summed E-state index contributed by atoms with van der Waals surface area (Å²) < 4.78 is 6.47. The molecule has 0 aromatic heterocycles. The van der Waals surface area contributed by atoms with E-state index in [0.29, 0.717) is 11.7 Å². The largest absolute Gasteiger partial charge is 0.508 e. The first-order chi connectivity index (χ1) is 13.2. The van der Waals surface area contributed by atoms with Crippen LogP contribution in [0.15, 0.2) is 12.1 Å². The Morgan fingerprint density at radius 1 is 1.18 bits per heavy atom. The van der Waals surface area contributed by atoms with Crippen LogP contribution in [0.3, 0.4) is 0 Å². The molecule has 0 saturated heterocycles. The molecule has 0 bridgehead atoms. The molecule has 3 N–H and O–H groups in total. The number of nitrogens with one attached hydrogen (secondary N) is 1. The second-order valence-corrected chi connectivity index (χ2v) is 10.2. The number of phenolic OH excluding ortho intramolecular Hbond substituents is 1. The number of benzene rings is 1. The Kier molecular flexibility index (Phi) is 6.31. The van der Waals surface area contributed by atoms with Gasteiger partial charge in [0.05, 0.1) is 0 Å². The highest BCUT2D eigenvalue weighted by Gasteiger charge is 2.48. The van der Waals surface area contributed by atoms with Gasteiger partial charge in [0.15, 0.2) is 0 Å². The third-order valence-electron chi connectivity index (χ3n) is 7.23. The third kappa shape index (κ3) is 4.18. The maximum absolute atomic E-state index is 11.0. The van der Waals surface area contributed by atoms with Gasteiger partial charge in [0.2, 0.25) is 0 Å². The van der Waals surface area contributed by atoms with E-state index in [1.165, 1.54) is 25.7 Å². The summed E-state index contributed by atoms with van der Waals surface area (Å²) in [7, 11) is 0. The summed E-state index contributed by atoms with van der Waals surface area (Å²) in [5.41, 5.74) is 4.29. The molecule has 1 aromatic carbocycles. The number of ether oxygens (including phenoxy) is 1. The van der Waals surface area contributed by atoms with Gasteiger partial charge in [0.25, 0.3) is 0 Å². The first-order valence-electron chi connectivity index (χ1n) is 11.2. The first kappa shape index (κ1) is 21.4. The minimum absolute atomic E-state index is 0.00631. The van der Waals surface area contributed by atoms with Crippen molar-refractivity contribution in [2.24, 2.45) is 5.92 Å². The number of phenols is 1. The predicted octanol–water partition coefficient (Wildman–Crippen LogP) is 6.04. The van der Waals surface area contributed by atoms with Crippen LogP contribution in [-0.4, -0.2) is 22.0 Å². The van der Waals surface area contributed by atoms with Crippen LogP contribution in [0.1, 0.15) is 103 Å². The molecule has 4 heteroatoms. The molecule has 1 heterocycles. The standard InChI is InChI=1S/C24H39NO3/c1-6-7-8-9-12-23(2,3)16-13-20(26)22-18-15-17(25-27)10-11-19(18)24(4,5)28-21(22)14-16/h13-14,17-19,25-27H,6-12,15H2,1-5H3/t17?,18-,19-/m1/s1. The van der Waals surface area contributed by atoms with E-state index in [4.69, 9.17) is 4.74 Å². The van der Waals surface area contributed by atoms with Crippen LogP contribution in [-0.2, 0) is 5.41 Å². The molecule has 1 aromatic rings. The Labute approximate surface area is 170 Å². The van der Waals surface area contributed by atoms with E-state index in [2.05, 4.69) is 46.2 Å². The molecule has 0 radical (unpaired) electrons. The van der Waals surface area contributed by atoms with Crippen molar-refractivity contribution in [1.29, 1.82) is 0 Å². The van der Waals surface area contributed by atoms with Crippen LogP contribution in [0, 0.1) is 5.92 Å². The fourth-order valence-electron chi connectivity index (χ4n) is 5.40. The number of aromatic hydroxyl groups is 1. The maximum atomic E-state index is 11.0. The zero-order chi connectivity index (χ0) is 20.5. The molecule has 1 aliphatic carbocycles. The Bertz CT molecular complexity index is 683. The van der Waals surface area contributed by atoms with Gasteiger partial charge in [-0.15, -0.1) is 0 Å². The van der Waals surface area contributed by atoms with Gasteiger partial charge in [-0.1, -0.05) is 46.5 Å². The monoisotopic (exact) mass is 389 g/mol. The van der Waals surface area contributed by atoms with Crippen LogP contribution in [0.4, 0.5) is 0 Å². The molecule has 158 valence electrons. The van der Waals surface area contributed by atoms with Gasteiger partial charge in [-0.05, 0) is 68.6 Å². The fourth-order valence-corrected chi connectivity index (χ4v) is 5.40. The minimum Gasteiger partial charge on any atom is -0.508 e. The first-order valence-corrected chi connectivity index (χ1v) is 11.2. The van der Waals surface area contributed by atoms with Gasteiger partial charge in [-0.2, -0.15) is 0 Å². The number of unbranched alkanes of at least 4 members (excludes halogenated alkanes) is 3. The van der Waals surface area contributed by atoms with E-state index in [0.717, 1.165) is 42.6 Å². The normalized spacial score (nSPS) is 26.3.